The van der Waals surface area contributed by atoms with Crippen LogP contribution in [0.15, 0.2) is 47.6 Å². The zero-order chi connectivity index (χ0) is 16.7. The number of nitrogens with zero attached hydrogens (tertiary/aromatic N) is 1. The molecular formula is C16H16ClN3O2S. The number of thiocarbonyl (C=S) groups is 1. The third-order valence-electron chi connectivity index (χ3n) is 2.87. The summed E-state index contributed by atoms with van der Waals surface area (Å²) in [4.78, 5) is 0. The van der Waals surface area contributed by atoms with Crippen LogP contribution >= 0.6 is 23.8 Å². The van der Waals surface area contributed by atoms with E-state index in [2.05, 4.69) is 22.7 Å². The number of benzene rings is 2. The van der Waals surface area contributed by atoms with E-state index in [1.165, 1.54) is 6.21 Å². The number of hydrazone groups is 1. The molecule has 2 aromatic rings. The fourth-order valence-electron chi connectivity index (χ4n) is 1.85. The van der Waals surface area contributed by atoms with Crippen LogP contribution in [-0.4, -0.2) is 18.4 Å². The first-order valence-corrected chi connectivity index (χ1v) is 7.51. The monoisotopic (exact) mass is 349 g/mol. The molecule has 0 heterocycles. The van der Waals surface area contributed by atoms with Gasteiger partial charge >= 0.3 is 0 Å². The third kappa shape index (κ3) is 5.12. The molecule has 0 radical (unpaired) electrons. The highest BCUT2D eigenvalue weighted by molar-refractivity contribution is 7.80. The molecule has 2 rings (SSSR count). The van der Waals surface area contributed by atoms with Crippen LogP contribution in [0, 0.1) is 0 Å². The lowest BCUT2D eigenvalue weighted by atomic mass is 10.2. The average Bonchev–Trinajstić information content (AvgIpc) is 2.54. The minimum Gasteiger partial charge on any atom is -0.493 e. The predicted octanol–water partition coefficient (Wildman–Crippen LogP) is 3.09. The van der Waals surface area contributed by atoms with Crippen molar-refractivity contribution >= 4 is 35.1 Å². The van der Waals surface area contributed by atoms with Gasteiger partial charge in [-0.05, 0) is 35.5 Å². The topological polar surface area (TPSA) is 68.9 Å². The second kappa shape index (κ2) is 8.36. The van der Waals surface area contributed by atoms with Crippen molar-refractivity contribution in [1.29, 1.82) is 0 Å². The van der Waals surface area contributed by atoms with Crippen LogP contribution in [0.4, 0.5) is 0 Å². The molecule has 0 fully saturated rings. The van der Waals surface area contributed by atoms with Crippen molar-refractivity contribution in [2.75, 3.05) is 7.11 Å². The lowest BCUT2D eigenvalue weighted by Crippen LogP contribution is -2.23. The van der Waals surface area contributed by atoms with E-state index >= 15 is 0 Å². The molecule has 0 unspecified atom stereocenters. The zero-order valence-electron chi connectivity index (χ0n) is 12.5. The average molecular weight is 350 g/mol. The molecule has 7 heteroatoms. The molecule has 0 amide bonds. The maximum atomic E-state index is 6.28. The number of hydrogen-bond acceptors (Lipinski definition) is 4. The number of halogens is 1. The maximum Gasteiger partial charge on any atom is 0.184 e. The van der Waals surface area contributed by atoms with Gasteiger partial charge in [-0.25, -0.2) is 0 Å². The van der Waals surface area contributed by atoms with Gasteiger partial charge in [-0.15, -0.1) is 0 Å². The molecule has 0 bridgehead atoms. The van der Waals surface area contributed by atoms with E-state index in [4.69, 9.17) is 26.8 Å². The van der Waals surface area contributed by atoms with Crippen LogP contribution in [0.25, 0.3) is 0 Å². The molecule has 0 aromatic heterocycles. The highest BCUT2D eigenvalue weighted by Crippen LogP contribution is 2.36. The molecule has 23 heavy (non-hydrogen) atoms. The maximum absolute atomic E-state index is 6.28. The summed E-state index contributed by atoms with van der Waals surface area (Å²) in [5, 5.41) is 4.40. The van der Waals surface area contributed by atoms with Crippen LogP contribution in [0.1, 0.15) is 11.1 Å². The normalized spacial score (nSPS) is 10.5. The van der Waals surface area contributed by atoms with Crippen molar-refractivity contribution < 1.29 is 9.47 Å². The van der Waals surface area contributed by atoms with Crippen LogP contribution in [0.5, 0.6) is 11.5 Å². The summed E-state index contributed by atoms with van der Waals surface area (Å²) in [5.74, 6) is 1.00. The molecule has 0 saturated heterocycles. The minimum atomic E-state index is 0.0853. The molecule has 0 aliphatic heterocycles. The summed E-state index contributed by atoms with van der Waals surface area (Å²) < 4.78 is 11.1. The smallest absolute Gasteiger partial charge is 0.184 e. The molecule has 0 aliphatic carbocycles. The van der Waals surface area contributed by atoms with Crippen molar-refractivity contribution in [2.45, 2.75) is 6.61 Å². The second-order valence-electron chi connectivity index (χ2n) is 4.54. The van der Waals surface area contributed by atoms with E-state index in [1.54, 1.807) is 19.2 Å². The zero-order valence-corrected chi connectivity index (χ0v) is 14.0. The SMILES string of the molecule is COc1cc(/C=N\NC(N)=S)cc(Cl)c1OCc1ccccc1. The highest BCUT2D eigenvalue weighted by atomic mass is 35.5. The highest BCUT2D eigenvalue weighted by Gasteiger charge is 2.11. The van der Waals surface area contributed by atoms with Gasteiger partial charge in [0.15, 0.2) is 16.6 Å². The number of nitrogens with one attached hydrogen (secondary N) is 1. The van der Waals surface area contributed by atoms with Gasteiger partial charge in [-0.2, -0.15) is 5.10 Å². The molecule has 0 saturated carbocycles. The first-order valence-electron chi connectivity index (χ1n) is 6.73. The molecule has 0 spiro atoms. The quantitative estimate of drug-likeness (QED) is 0.476. The Morgan fingerprint density at radius 3 is 2.74 bits per heavy atom. The minimum absolute atomic E-state index is 0.0853. The molecule has 120 valence electrons. The molecule has 3 N–H and O–H groups in total. The van der Waals surface area contributed by atoms with Gasteiger partial charge in [0.1, 0.15) is 6.61 Å². The van der Waals surface area contributed by atoms with E-state index < -0.39 is 0 Å². The van der Waals surface area contributed by atoms with Crippen LogP contribution in [-0.2, 0) is 6.61 Å². The summed E-state index contributed by atoms with van der Waals surface area (Å²) in [7, 11) is 1.55. The van der Waals surface area contributed by atoms with Crippen molar-refractivity contribution in [1.82, 2.24) is 5.43 Å². The second-order valence-corrected chi connectivity index (χ2v) is 5.39. The summed E-state index contributed by atoms with van der Waals surface area (Å²) >= 11 is 11.0. The van der Waals surface area contributed by atoms with E-state index in [-0.39, 0.29) is 5.11 Å². The Labute approximate surface area is 145 Å². The summed E-state index contributed by atoms with van der Waals surface area (Å²) in [6, 6.07) is 13.3. The van der Waals surface area contributed by atoms with Crippen LogP contribution in [0.2, 0.25) is 5.02 Å². The van der Waals surface area contributed by atoms with Crippen molar-refractivity contribution in [2.24, 2.45) is 10.8 Å². The Morgan fingerprint density at radius 1 is 1.35 bits per heavy atom. The van der Waals surface area contributed by atoms with Gasteiger partial charge in [0, 0.05) is 0 Å². The van der Waals surface area contributed by atoms with E-state index in [9.17, 15) is 0 Å². The Bertz CT molecular complexity index is 708. The number of nitrogens with two attached hydrogens (primary N) is 1. The van der Waals surface area contributed by atoms with Gasteiger partial charge < -0.3 is 15.2 Å². The van der Waals surface area contributed by atoms with Gasteiger partial charge in [0.25, 0.3) is 0 Å². The molecular weight excluding hydrogens is 334 g/mol. The van der Waals surface area contributed by atoms with Crippen molar-refractivity contribution in [3.05, 3.63) is 58.6 Å². The van der Waals surface area contributed by atoms with Crippen molar-refractivity contribution in [3.8, 4) is 11.5 Å². The van der Waals surface area contributed by atoms with Crippen LogP contribution < -0.4 is 20.6 Å². The fraction of sp³-hybridized carbons (Fsp3) is 0.125. The molecule has 0 aliphatic rings. The largest absolute Gasteiger partial charge is 0.493 e. The Morgan fingerprint density at radius 2 is 2.09 bits per heavy atom. The number of hydrogen-bond donors (Lipinski definition) is 2. The Hall–Kier alpha value is -2.31. The lowest BCUT2D eigenvalue weighted by molar-refractivity contribution is 0.284. The number of ether oxygens (including phenoxy) is 2. The first-order chi connectivity index (χ1) is 11.1. The van der Waals surface area contributed by atoms with Crippen molar-refractivity contribution in [3.63, 3.8) is 0 Å². The molecule has 5 nitrogen and oxygen atoms in total. The first kappa shape index (κ1) is 17.1. The third-order valence-corrected chi connectivity index (χ3v) is 3.24. The summed E-state index contributed by atoms with van der Waals surface area (Å²) in [6.07, 6.45) is 1.54. The molecule has 0 atom stereocenters. The fourth-order valence-corrected chi connectivity index (χ4v) is 2.18. The van der Waals surface area contributed by atoms with Gasteiger partial charge in [-0.3, -0.25) is 5.43 Å². The molecule has 2 aromatic carbocycles. The lowest BCUT2D eigenvalue weighted by Gasteiger charge is -2.13. The standard InChI is InChI=1S/C16H16ClN3O2S/c1-21-14-8-12(9-19-20-16(18)23)7-13(17)15(14)22-10-11-5-3-2-4-6-11/h2-9H,10H2,1H3,(H3,18,20,23)/b19-9-. The van der Waals surface area contributed by atoms with E-state index in [1.807, 2.05) is 30.3 Å². The Kier molecular flexibility index (Phi) is 6.19. The van der Waals surface area contributed by atoms with E-state index in [0.717, 1.165) is 11.1 Å². The Balaban J connectivity index is 2.16. The number of rotatable bonds is 6. The van der Waals surface area contributed by atoms with Gasteiger partial charge in [0.05, 0.1) is 18.3 Å². The van der Waals surface area contributed by atoms with Crippen LogP contribution in [0.3, 0.4) is 0 Å². The van der Waals surface area contributed by atoms with Gasteiger partial charge in [-0.1, -0.05) is 41.9 Å². The summed E-state index contributed by atoms with van der Waals surface area (Å²) in [6.45, 7) is 0.396. The van der Waals surface area contributed by atoms with Gasteiger partial charge in [0.2, 0.25) is 0 Å². The number of methoxy groups -OCH3 is 1. The van der Waals surface area contributed by atoms with E-state index in [0.29, 0.717) is 23.1 Å². The predicted molar refractivity (Wildman–Crippen MR) is 96.3 cm³/mol. The summed E-state index contributed by atoms with van der Waals surface area (Å²) in [5.41, 5.74) is 9.54.